The molecule has 0 aromatic carbocycles. The van der Waals surface area contributed by atoms with E-state index in [2.05, 4.69) is 6.58 Å². The number of hydrogen-bond donors (Lipinski definition) is 1. The van der Waals surface area contributed by atoms with Crippen LogP contribution in [-0.2, 0) is 7.05 Å². The number of aromatic nitrogens is 3. The average Bonchev–Trinajstić information content (AvgIpc) is 2.13. The van der Waals surface area contributed by atoms with Gasteiger partial charge in [0.05, 0.1) is 0 Å². The second-order valence-corrected chi connectivity index (χ2v) is 2.33. The van der Waals surface area contributed by atoms with Gasteiger partial charge in [-0.2, -0.15) is 4.68 Å². The first-order valence-electron chi connectivity index (χ1n) is 3.33. The van der Waals surface area contributed by atoms with Gasteiger partial charge in [-0.05, 0) is 0 Å². The Morgan fingerprint density at radius 1 is 1.23 bits per heavy atom. The molecule has 0 spiro atoms. The van der Waals surface area contributed by atoms with Crippen LogP contribution in [0.2, 0.25) is 0 Å². The van der Waals surface area contributed by atoms with Crippen molar-refractivity contribution in [3.63, 3.8) is 0 Å². The normalized spacial score (nSPS) is 9.92. The Morgan fingerprint density at radius 3 is 2.23 bits per heavy atom. The maximum atomic E-state index is 11.2. The van der Waals surface area contributed by atoms with Crippen LogP contribution in [0.1, 0.15) is 0 Å². The Kier molecular flexibility index (Phi) is 1.93. The molecule has 0 atom stereocenters. The third-order valence-electron chi connectivity index (χ3n) is 1.58. The first-order valence-corrected chi connectivity index (χ1v) is 3.33. The fourth-order valence-electron chi connectivity index (χ4n) is 0.841. The van der Waals surface area contributed by atoms with Crippen molar-refractivity contribution >= 4 is 6.20 Å². The molecule has 1 aromatic heterocycles. The van der Waals surface area contributed by atoms with Gasteiger partial charge in [-0.25, -0.2) is 23.5 Å². The van der Waals surface area contributed by atoms with Crippen molar-refractivity contribution in [2.24, 2.45) is 7.05 Å². The molecule has 1 heterocycles. The van der Waals surface area contributed by atoms with Gasteiger partial charge in [0.2, 0.25) is 0 Å². The average molecular weight is 184 g/mol. The van der Waals surface area contributed by atoms with Crippen LogP contribution in [0, 0.1) is 0 Å². The fourth-order valence-corrected chi connectivity index (χ4v) is 0.841. The number of nitrogens with two attached hydrogens (primary N) is 1. The van der Waals surface area contributed by atoms with Crippen LogP contribution in [0.25, 0.3) is 6.20 Å². The molecule has 0 bridgehead atoms. The first kappa shape index (κ1) is 9.04. The van der Waals surface area contributed by atoms with Gasteiger partial charge in [0, 0.05) is 13.2 Å². The van der Waals surface area contributed by atoms with E-state index in [0.29, 0.717) is 13.8 Å². The lowest BCUT2D eigenvalue weighted by Gasteiger charge is -2.03. The van der Waals surface area contributed by atoms with Crippen LogP contribution in [0.15, 0.2) is 21.0 Å². The summed E-state index contributed by atoms with van der Waals surface area (Å²) in [7, 11) is 1.22. The molecule has 0 radical (unpaired) electrons. The summed E-state index contributed by atoms with van der Waals surface area (Å²) < 4.78 is 1.69. The van der Waals surface area contributed by atoms with E-state index in [1.807, 2.05) is 0 Å². The SMILES string of the molecule is C=Cn1c(=O)n(C)c(=O)n(N)c1=O. The zero-order valence-electron chi connectivity index (χ0n) is 6.93. The molecule has 0 unspecified atom stereocenters. The predicted octanol–water partition coefficient (Wildman–Crippen LogP) is -2.48. The molecule has 0 aliphatic carbocycles. The van der Waals surface area contributed by atoms with Crippen molar-refractivity contribution in [2.75, 3.05) is 5.84 Å². The van der Waals surface area contributed by atoms with Gasteiger partial charge in [0.1, 0.15) is 0 Å². The highest BCUT2D eigenvalue weighted by Gasteiger charge is 2.07. The molecular weight excluding hydrogens is 176 g/mol. The lowest BCUT2D eigenvalue weighted by Crippen LogP contribution is -2.55. The van der Waals surface area contributed by atoms with Gasteiger partial charge in [0.15, 0.2) is 0 Å². The maximum Gasteiger partial charge on any atom is 0.359 e. The highest BCUT2D eigenvalue weighted by molar-refractivity contribution is 5.13. The monoisotopic (exact) mass is 184 g/mol. The van der Waals surface area contributed by atoms with E-state index in [-0.39, 0.29) is 0 Å². The number of nitrogens with zero attached hydrogens (tertiary/aromatic N) is 3. The molecule has 0 aliphatic rings. The number of nitrogen functional groups attached to an aromatic ring is 1. The molecule has 0 saturated heterocycles. The molecule has 7 heteroatoms. The zero-order chi connectivity index (χ0) is 10.2. The Bertz CT molecular complexity index is 478. The van der Waals surface area contributed by atoms with Gasteiger partial charge in [-0.1, -0.05) is 6.58 Å². The third-order valence-corrected chi connectivity index (χ3v) is 1.58. The number of rotatable bonds is 1. The summed E-state index contributed by atoms with van der Waals surface area (Å²) in [4.78, 5) is 33.3. The van der Waals surface area contributed by atoms with Crippen LogP contribution >= 0.6 is 0 Å². The second-order valence-electron chi connectivity index (χ2n) is 2.33. The summed E-state index contributed by atoms with van der Waals surface area (Å²) in [5, 5.41) is 0. The van der Waals surface area contributed by atoms with E-state index in [1.165, 1.54) is 7.05 Å². The minimum Gasteiger partial charge on any atom is -0.331 e. The molecular formula is C6H8N4O3. The molecule has 70 valence electrons. The highest BCUT2D eigenvalue weighted by atomic mass is 16.2. The Balaban J connectivity index is 4.01. The molecule has 1 rings (SSSR count). The third kappa shape index (κ3) is 1.10. The van der Waals surface area contributed by atoms with Crippen molar-refractivity contribution in [2.45, 2.75) is 0 Å². The van der Waals surface area contributed by atoms with Gasteiger partial charge >= 0.3 is 17.1 Å². The van der Waals surface area contributed by atoms with Gasteiger partial charge < -0.3 is 5.84 Å². The predicted molar refractivity (Wildman–Crippen MR) is 46.7 cm³/mol. The molecule has 0 aliphatic heterocycles. The maximum absolute atomic E-state index is 11.2. The standard InChI is InChI=1S/C6H8N4O3/c1-3-9-4(11)8(2)5(12)10(7)6(9)13/h3H,1,7H2,2H3. The van der Waals surface area contributed by atoms with E-state index < -0.39 is 17.1 Å². The summed E-state index contributed by atoms with van der Waals surface area (Å²) in [6, 6.07) is 0. The minimum absolute atomic E-state index is 0.336. The summed E-state index contributed by atoms with van der Waals surface area (Å²) >= 11 is 0. The largest absolute Gasteiger partial charge is 0.359 e. The summed E-state index contributed by atoms with van der Waals surface area (Å²) in [6.07, 6.45) is 0.994. The van der Waals surface area contributed by atoms with Crippen molar-refractivity contribution in [1.29, 1.82) is 0 Å². The topological polar surface area (TPSA) is 92.0 Å². The van der Waals surface area contributed by atoms with Crippen molar-refractivity contribution < 1.29 is 0 Å². The van der Waals surface area contributed by atoms with Gasteiger partial charge in [-0.3, -0.25) is 0 Å². The second kappa shape index (κ2) is 2.77. The molecule has 13 heavy (non-hydrogen) atoms. The summed E-state index contributed by atoms with van der Waals surface area (Å²) in [5.41, 5.74) is -2.55. The van der Waals surface area contributed by atoms with Crippen LogP contribution in [-0.4, -0.2) is 13.8 Å². The van der Waals surface area contributed by atoms with Crippen molar-refractivity contribution in [1.82, 2.24) is 13.8 Å². The van der Waals surface area contributed by atoms with Crippen LogP contribution in [0.5, 0.6) is 0 Å². The quantitative estimate of drug-likeness (QED) is 0.489. The Morgan fingerprint density at radius 2 is 1.77 bits per heavy atom. The smallest absolute Gasteiger partial charge is 0.331 e. The molecule has 0 saturated carbocycles. The van der Waals surface area contributed by atoms with Crippen LogP contribution in [0.3, 0.4) is 0 Å². The van der Waals surface area contributed by atoms with Crippen molar-refractivity contribution in [3.8, 4) is 0 Å². The van der Waals surface area contributed by atoms with Gasteiger partial charge in [-0.15, -0.1) is 0 Å². The minimum atomic E-state index is -0.914. The molecule has 1 aromatic rings. The summed E-state index contributed by atoms with van der Waals surface area (Å²) in [6.45, 7) is 3.24. The van der Waals surface area contributed by atoms with E-state index in [1.54, 1.807) is 0 Å². The van der Waals surface area contributed by atoms with E-state index in [9.17, 15) is 14.4 Å². The fraction of sp³-hybridized carbons (Fsp3) is 0.167. The van der Waals surface area contributed by atoms with E-state index in [0.717, 1.165) is 6.20 Å². The Labute approximate surface area is 71.9 Å². The lowest BCUT2D eigenvalue weighted by atomic mass is 10.8. The lowest BCUT2D eigenvalue weighted by molar-refractivity contribution is 0.613. The molecule has 2 N–H and O–H groups in total. The van der Waals surface area contributed by atoms with Crippen molar-refractivity contribution in [3.05, 3.63) is 38.0 Å². The first-order chi connectivity index (χ1) is 6.00. The zero-order valence-corrected chi connectivity index (χ0v) is 6.93. The highest BCUT2D eigenvalue weighted by Crippen LogP contribution is 1.65. The molecule has 7 nitrogen and oxygen atoms in total. The number of hydrogen-bond acceptors (Lipinski definition) is 4. The van der Waals surface area contributed by atoms with E-state index in [4.69, 9.17) is 5.84 Å². The van der Waals surface area contributed by atoms with Gasteiger partial charge in [0.25, 0.3) is 0 Å². The summed E-state index contributed by atoms with van der Waals surface area (Å²) in [5.74, 6) is 5.09. The van der Waals surface area contributed by atoms with Crippen LogP contribution in [0.4, 0.5) is 0 Å². The Hall–Kier alpha value is -2.05. The van der Waals surface area contributed by atoms with Crippen LogP contribution < -0.4 is 22.9 Å². The van der Waals surface area contributed by atoms with E-state index >= 15 is 0 Å². The molecule has 0 amide bonds. The molecule has 0 fully saturated rings.